The summed E-state index contributed by atoms with van der Waals surface area (Å²) in [7, 11) is 0. The first-order valence-electron chi connectivity index (χ1n) is 7.11. The predicted molar refractivity (Wildman–Crippen MR) is 72.1 cm³/mol. The second kappa shape index (κ2) is 5.25. The van der Waals surface area contributed by atoms with Gasteiger partial charge in [0.1, 0.15) is 12.2 Å². The summed E-state index contributed by atoms with van der Waals surface area (Å²) in [6.07, 6.45) is 5.40. The SMILES string of the molecule is Cc1cccn2c(C[NH+]3CCC(C(=O)[O-])CC3)cnc12. The molecule has 0 atom stereocenters. The number of imidazole rings is 1. The monoisotopic (exact) mass is 273 g/mol. The van der Waals surface area contributed by atoms with Crippen molar-refractivity contribution in [3.05, 3.63) is 35.8 Å². The Balaban J connectivity index is 1.72. The van der Waals surface area contributed by atoms with Crippen molar-refractivity contribution in [3.8, 4) is 0 Å². The Hall–Kier alpha value is -1.88. The molecule has 2 aromatic rings. The van der Waals surface area contributed by atoms with Crippen LogP contribution in [-0.2, 0) is 11.3 Å². The van der Waals surface area contributed by atoms with E-state index in [0.717, 1.165) is 25.3 Å². The maximum atomic E-state index is 10.9. The molecule has 2 aromatic heterocycles. The molecule has 1 fully saturated rings. The number of aryl methyl sites for hydroxylation is 1. The molecule has 5 heteroatoms. The largest absolute Gasteiger partial charge is 0.550 e. The lowest BCUT2D eigenvalue weighted by molar-refractivity contribution is -0.919. The molecule has 0 spiro atoms. The van der Waals surface area contributed by atoms with E-state index in [9.17, 15) is 9.90 Å². The van der Waals surface area contributed by atoms with Crippen LogP contribution in [0.3, 0.4) is 0 Å². The number of carboxylic acids is 1. The van der Waals surface area contributed by atoms with Gasteiger partial charge in [0.05, 0.1) is 25.0 Å². The zero-order chi connectivity index (χ0) is 14.1. The molecule has 20 heavy (non-hydrogen) atoms. The van der Waals surface area contributed by atoms with E-state index in [1.807, 2.05) is 18.5 Å². The summed E-state index contributed by atoms with van der Waals surface area (Å²) in [5.41, 5.74) is 3.36. The molecule has 0 unspecified atom stereocenters. The highest BCUT2D eigenvalue weighted by atomic mass is 16.4. The van der Waals surface area contributed by atoms with Gasteiger partial charge in [0.25, 0.3) is 0 Å². The van der Waals surface area contributed by atoms with Crippen molar-refractivity contribution < 1.29 is 14.8 Å². The third kappa shape index (κ3) is 2.41. The van der Waals surface area contributed by atoms with Gasteiger partial charge in [-0.3, -0.25) is 4.40 Å². The van der Waals surface area contributed by atoms with E-state index >= 15 is 0 Å². The van der Waals surface area contributed by atoms with Crippen LogP contribution >= 0.6 is 0 Å². The zero-order valence-corrected chi connectivity index (χ0v) is 11.6. The van der Waals surface area contributed by atoms with Gasteiger partial charge >= 0.3 is 0 Å². The van der Waals surface area contributed by atoms with Crippen LogP contribution in [0.1, 0.15) is 24.1 Å². The van der Waals surface area contributed by atoms with Crippen LogP contribution in [-0.4, -0.2) is 28.4 Å². The minimum Gasteiger partial charge on any atom is -0.550 e. The fourth-order valence-electron chi connectivity index (χ4n) is 3.03. The molecule has 1 aliphatic rings. The van der Waals surface area contributed by atoms with Crippen LogP contribution in [0.4, 0.5) is 0 Å². The molecule has 5 nitrogen and oxygen atoms in total. The number of pyridine rings is 1. The summed E-state index contributed by atoms with van der Waals surface area (Å²) in [5.74, 6) is -1.15. The molecular formula is C15H19N3O2. The van der Waals surface area contributed by atoms with Crippen LogP contribution in [0.15, 0.2) is 24.5 Å². The van der Waals surface area contributed by atoms with Gasteiger partial charge < -0.3 is 14.8 Å². The van der Waals surface area contributed by atoms with Crippen molar-refractivity contribution >= 4 is 11.6 Å². The molecule has 0 saturated carbocycles. The van der Waals surface area contributed by atoms with Gasteiger partial charge in [0.15, 0.2) is 0 Å². The number of nitrogens with one attached hydrogen (secondary N) is 1. The van der Waals surface area contributed by atoms with Gasteiger partial charge in [-0.05, 0) is 18.6 Å². The first-order chi connectivity index (χ1) is 9.65. The lowest BCUT2D eigenvalue weighted by Gasteiger charge is -2.29. The van der Waals surface area contributed by atoms with Gasteiger partial charge in [0.2, 0.25) is 0 Å². The number of likely N-dealkylation sites (tertiary alicyclic amines) is 1. The molecule has 1 saturated heterocycles. The van der Waals surface area contributed by atoms with Crippen LogP contribution in [0.5, 0.6) is 0 Å². The number of hydrogen-bond acceptors (Lipinski definition) is 3. The smallest absolute Gasteiger partial charge is 0.140 e. The number of piperidine rings is 1. The zero-order valence-electron chi connectivity index (χ0n) is 11.6. The van der Waals surface area contributed by atoms with Crippen LogP contribution < -0.4 is 10.0 Å². The Morgan fingerprint density at radius 3 is 2.95 bits per heavy atom. The molecule has 1 aliphatic heterocycles. The van der Waals surface area contributed by atoms with Gasteiger partial charge in [-0.25, -0.2) is 4.98 Å². The Morgan fingerprint density at radius 2 is 2.25 bits per heavy atom. The number of hydrogen-bond donors (Lipinski definition) is 1. The summed E-state index contributed by atoms with van der Waals surface area (Å²) in [5, 5.41) is 10.9. The number of carbonyl (C=O) groups excluding carboxylic acids is 1. The van der Waals surface area contributed by atoms with E-state index in [2.05, 4.69) is 22.4 Å². The van der Waals surface area contributed by atoms with E-state index in [4.69, 9.17) is 0 Å². The summed E-state index contributed by atoms with van der Waals surface area (Å²) in [6, 6.07) is 4.09. The number of rotatable bonds is 3. The Bertz CT molecular complexity index is 627. The predicted octanol–water partition coefficient (Wildman–Crippen LogP) is -0.812. The average Bonchev–Trinajstić information content (AvgIpc) is 2.84. The minimum absolute atomic E-state index is 0.261. The molecule has 0 bridgehead atoms. The molecule has 3 rings (SSSR count). The lowest BCUT2D eigenvalue weighted by atomic mass is 9.97. The third-order valence-corrected chi connectivity index (χ3v) is 4.26. The highest BCUT2D eigenvalue weighted by Crippen LogP contribution is 2.11. The lowest BCUT2D eigenvalue weighted by Crippen LogP contribution is -3.12. The van der Waals surface area contributed by atoms with E-state index in [-0.39, 0.29) is 5.92 Å². The van der Waals surface area contributed by atoms with Crippen molar-refractivity contribution in [1.29, 1.82) is 0 Å². The second-order valence-corrected chi connectivity index (χ2v) is 5.65. The molecule has 3 heterocycles. The maximum Gasteiger partial charge on any atom is 0.140 e. The molecule has 0 amide bonds. The average molecular weight is 273 g/mol. The van der Waals surface area contributed by atoms with Crippen LogP contribution in [0.2, 0.25) is 0 Å². The summed E-state index contributed by atoms with van der Waals surface area (Å²) >= 11 is 0. The first kappa shape index (κ1) is 13.1. The van der Waals surface area contributed by atoms with Crippen molar-refractivity contribution in [2.24, 2.45) is 5.92 Å². The number of fused-ring (bicyclic) bond motifs is 1. The molecule has 0 radical (unpaired) electrons. The van der Waals surface area contributed by atoms with Gasteiger partial charge in [-0.1, -0.05) is 6.07 Å². The number of carboxylic acid groups (broad SMARTS) is 1. The highest BCUT2D eigenvalue weighted by Gasteiger charge is 2.23. The summed E-state index contributed by atoms with van der Waals surface area (Å²) in [4.78, 5) is 16.8. The Kier molecular flexibility index (Phi) is 3.44. The first-order valence-corrected chi connectivity index (χ1v) is 7.11. The summed E-state index contributed by atoms with van der Waals surface area (Å²) in [6.45, 7) is 4.73. The quantitative estimate of drug-likeness (QED) is 0.795. The fourth-order valence-corrected chi connectivity index (χ4v) is 3.03. The fraction of sp³-hybridized carbons (Fsp3) is 0.467. The van der Waals surface area contributed by atoms with Gasteiger partial charge in [-0.2, -0.15) is 0 Å². The molecule has 0 aromatic carbocycles. The van der Waals surface area contributed by atoms with Crippen molar-refractivity contribution in [1.82, 2.24) is 9.38 Å². The van der Waals surface area contributed by atoms with Gasteiger partial charge in [0, 0.05) is 30.9 Å². The van der Waals surface area contributed by atoms with Crippen molar-refractivity contribution in [3.63, 3.8) is 0 Å². The number of nitrogens with zero attached hydrogens (tertiary/aromatic N) is 2. The van der Waals surface area contributed by atoms with E-state index < -0.39 is 5.97 Å². The van der Waals surface area contributed by atoms with E-state index in [1.165, 1.54) is 16.2 Å². The number of aromatic nitrogens is 2. The third-order valence-electron chi connectivity index (χ3n) is 4.26. The molecule has 106 valence electrons. The maximum absolute atomic E-state index is 10.9. The molecule has 1 N–H and O–H groups in total. The van der Waals surface area contributed by atoms with E-state index in [0.29, 0.717) is 12.8 Å². The number of aliphatic carboxylic acids is 1. The van der Waals surface area contributed by atoms with E-state index in [1.54, 1.807) is 0 Å². The summed E-state index contributed by atoms with van der Waals surface area (Å²) < 4.78 is 2.13. The number of quaternary nitrogens is 1. The molecule has 0 aliphatic carbocycles. The standard InChI is InChI=1S/C15H19N3O2/c1-11-3-2-6-18-13(9-16-14(11)18)10-17-7-4-12(5-8-17)15(19)20/h2-3,6,9,12H,4-5,7-8,10H2,1H3,(H,19,20). The van der Waals surface area contributed by atoms with Crippen LogP contribution in [0.25, 0.3) is 5.65 Å². The highest BCUT2D eigenvalue weighted by molar-refractivity contribution is 5.67. The topological polar surface area (TPSA) is 61.9 Å². The van der Waals surface area contributed by atoms with Crippen molar-refractivity contribution in [2.45, 2.75) is 26.3 Å². The van der Waals surface area contributed by atoms with Gasteiger partial charge in [-0.15, -0.1) is 0 Å². The van der Waals surface area contributed by atoms with Crippen LogP contribution in [0, 0.1) is 12.8 Å². The Labute approximate surface area is 117 Å². The molecular weight excluding hydrogens is 254 g/mol. The normalized spacial score (nSPS) is 23.1. The number of carbonyl (C=O) groups is 1. The Morgan fingerprint density at radius 1 is 1.50 bits per heavy atom. The second-order valence-electron chi connectivity index (χ2n) is 5.65. The van der Waals surface area contributed by atoms with Crippen molar-refractivity contribution in [2.75, 3.05) is 13.1 Å². The minimum atomic E-state index is -0.894.